The second-order valence-corrected chi connectivity index (χ2v) is 5.20. The van der Waals surface area contributed by atoms with Gasteiger partial charge in [-0.1, -0.05) is 42.0 Å². The molecule has 0 saturated heterocycles. The first-order valence-electron chi connectivity index (χ1n) is 7.31. The molecule has 2 N–H and O–H groups in total. The van der Waals surface area contributed by atoms with Gasteiger partial charge in [-0.2, -0.15) is 0 Å². The summed E-state index contributed by atoms with van der Waals surface area (Å²) in [7, 11) is 1.44. The molecule has 0 saturated carbocycles. The number of methoxy groups -OCH3 is 1. The minimum atomic E-state index is -0.300. The third-order valence-corrected chi connectivity index (χ3v) is 3.29. The second kappa shape index (κ2) is 8.10. The molecule has 120 valence electrons. The zero-order valence-corrected chi connectivity index (χ0v) is 13.3. The van der Waals surface area contributed by atoms with Crippen LogP contribution in [0.5, 0.6) is 0 Å². The standard InChI is InChI=1S/C18H20N2O3/c1-13-7-9-14(10-8-13)11-19-18(22)15-5-3-4-6-16(15)20-17(21)12-23-2/h3-10H,11-12H2,1-2H3,(H,19,22)(H,20,21). The summed E-state index contributed by atoms with van der Waals surface area (Å²) in [4.78, 5) is 24.0. The van der Waals surface area contributed by atoms with Crippen LogP contribution in [0, 0.1) is 6.92 Å². The number of aryl methyl sites for hydroxylation is 1. The molecule has 0 aromatic heterocycles. The molecule has 0 unspecified atom stereocenters. The molecule has 23 heavy (non-hydrogen) atoms. The molecule has 2 aromatic carbocycles. The average Bonchev–Trinajstić information content (AvgIpc) is 2.55. The minimum absolute atomic E-state index is 0.0562. The quantitative estimate of drug-likeness (QED) is 0.861. The van der Waals surface area contributed by atoms with Crippen LogP contribution in [0.25, 0.3) is 0 Å². The van der Waals surface area contributed by atoms with Crippen LogP contribution in [-0.4, -0.2) is 25.5 Å². The molecular weight excluding hydrogens is 292 g/mol. The van der Waals surface area contributed by atoms with E-state index in [2.05, 4.69) is 10.6 Å². The van der Waals surface area contributed by atoms with Gasteiger partial charge < -0.3 is 15.4 Å². The van der Waals surface area contributed by atoms with Gasteiger partial charge in [0.2, 0.25) is 5.91 Å². The van der Waals surface area contributed by atoms with Crippen LogP contribution in [0.1, 0.15) is 21.5 Å². The molecule has 0 spiro atoms. The van der Waals surface area contributed by atoms with Gasteiger partial charge in [0.25, 0.3) is 5.91 Å². The van der Waals surface area contributed by atoms with Gasteiger partial charge in [0.1, 0.15) is 6.61 Å². The van der Waals surface area contributed by atoms with Crippen molar-refractivity contribution in [1.82, 2.24) is 5.32 Å². The highest BCUT2D eigenvalue weighted by molar-refractivity contribution is 6.03. The molecule has 0 heterocycles. The van der Waals surface area contributed by atoms with Gasteiger partial charge in [-0.05, 0) is 24.6 Å². The summed E-state index contributed by atoms with van der Waals surface area (Å²) in [5, 5.41) is 5.53. The number of amides is 2. The molecule has 0 aliphatic rings. The molecule has 0 bridgehead atoms. The summed E-state index contributed by atoms with van der Waals surface area (Å²) in [5.74, 6) is -0.537. The van der Waals surface area contributed by atoms with E-state index in [-0.39, 0.29) is 18.4 Å². The van der Waals surface area contributed by atoms with E-state index in [9.17, 15) is 9.59 Å². The van der Waals surface area contributed by atoms with Crippen LogP contribution >= 0.6 is 0 Å². The van der Waals surface area contributed by atoms with Gasteiger partial charge in [0.15, 0.2) is 0 Å². The summed E-state index contributed by atoms with van der Waals surface area (Å²) < 4.78 is 4.78. The second-order valence-electron chi connectivity index (χ2n) is 5.20. The monoisotopic (exact) mass is 312 g/mol. The molecule has 2 rings (SSSR count). The Kier molecular flexibility index (Phi) is 5.88. The van der Waals surface area contributed by atoms with E-state index in [0.717, 1.165) is 5.56 Å². The number of para-hydroxylation sites is 1. The Morgan fingerprint density at radius 2 is 1.74 bits per heavy atom. The number of hydrogen-bond donors (Lipinski definition) is 2. The number of carbonyl (C=O) groups is 2. The Balaban J connectivity index is 2.04. The zero-order valence-electron chi connectivity index (χ0n) is 13.3. The van der Waals surface area contributed by atoms with Crippen LogP contribution in [0.15, 0.2) is 48.5 Å². The van der Waals surface area contributed by atoms with Gasteiger partial charge in [-0.3, -0.25) is 9.59 Å². The van der Waals surface area contributed by atoms with Crippen molar-refractivity contribution in [3.63, 3.8) is 0 Å². The summed E-state index contributed by atoms with van der Waals surface area (Å²) in [6, 6.07) is 14.8. The molecule has 0 fully saturated rings. The third kappa shape index (κ3) is 4.93. The van der Waals surface area contributed by atoms with Crippen LogP contribution in [-0.2, 0) is 16.1 Å². The fourth-order valence-corrected chi connectivity index (χ4v) is 2.09. The number of anilines is 1. The van der Waals surface area contributed by atoms with Crippen LogP contribution in [0.2, 0.25) is 0 Å². The Bertz CT molecular complexity index is 681. The molecule has 0 atom stereocenters. The van der Waals surface area contributed by atoms with E-state index < -0.39 is 0 Å². The molecule has 0 radical (unpaired) electrons. The molecule has 2 aromatic rings. The normalized spacial score (nSPS) is 10.2. The van der Waals surface area contributed by atoms with E-state index >= 15 is 0 Å². The van der Waals surface area contributed by atoms with Crippen molar-refractivity contribution in [3.05, 3.63) is 65.2 Å². The Morgan fingerprint density at radius 1 is 1.04 bits per heavy atom. The summed E-state index contributed by atoms with van der Waals surface area (Å²) >= 11 is 0. The predicted molar refractivity (Wildman–Crippen MR) is 89.3 cm³/mol. The molecule has 0 aliphatic heterocycles. The smallest absolute Gasteiger partial charge is 0.253 e. The first-order chi connectivity index (χ1) is 11.1. The van der Waals surface area contributed by atoms with Crippen LogP contribution < -0.4 is 10.6 Å². The largest absolute Gasteiger partial charge is 0.375 e. The highest BCUT2D eigenvalue weighted by atomic mass is 16.5. The van der Waals surface area contributed by atoms with Crippen molar-refractivity contribution in [2.75, 3.05) is 19.0 Å². The van der Waals surface area contributed by atoms with E-state index in [1.807, 2.05) is 31.2 Å². The Labute approximate surface area is 135 Å². The zero-order chi connectivity index (χ0) is 16.7. The summed E-state index contributed by atoms with van der Waals surface area (Å²) in [6.07, 6.45) is 0. The lowest BCUT2D eigenvalue weighted by atomic mass is 10.1. The SMILES string of the molecule is COCC(=O)Nc1ccccc1C(=O)NCc1ccc(C)cc1. The van der Waals surface area contributed by atoms with Crippen molar-refractivity contribution in [1.29, 1.82) is 0 Å². The van der Waals surface area contributed by atoms with Crippen molar-refractivity contribution in [3.8, 4) is 0 Å². The molecule has 5 heteroatoms. The lowest BCUT2D eigenvalue weighted by molar-refractivity contribution is -0.119. The fraction of sp³-hybridized carbons (Fsp3) is 0.222. The summed E-state index contributed by atoms with van der Waals surface area (Å²) in [5.41, 5.74) is 3.08. The van der Waals surface area contributed by atoms with E-state index in [1.54, 1.807) is 24.3 Å². The maximum atomic E-state index is 12.4. The van der Waals surface area contributed by atoms with Gasteiger partial charge >= 0.3 is 0 Å². The first-order valence-corrected chi connectivity index (χ1v) is 7.31. The van der Waals surface area contributed by atoms with Crippen molar-refractivity contribution >= 4 is 17.5 Å². The molecule has 2 amide bonds. The maximum Gasteiger partial charge on any atom is 0.253 e. The number of nitrogens with one attached hydrogen (secondary N) is 2. The number of hydrogen-bond acceptors (Lipinski definition) is 3. The number of ether oxygens (including phenoxy) is 1. The lowest BCUT2D eigenvalue weighted by Crippen LogP contribution is -2.25. The first kappa shape index (κ1) is 16.7. The van der Waals surface area contributed by atoms with Crippen molar-refractivity contribution in [2.24, 2.45) is 0 Å². The van der Waals surface area contributed by atoms with E-state index in [0.29, 0.717) is 17.8 Å². The van der Waals surface area contributed by atoms with Crippen molar-refractivity contribution in [2.45, 2.75) is 13.5 Å². The van der Waals surface area contributed by atoms with E-state index in [1.165, 1.54) is 12.7 Å². The van der Waals surface area contributed by atoms with Gasteiger partial charge in [0.05, 0.1) is 11.3 Å². The third-order valence-electron chi connectivity index (χ3n) is 3.29. The van der Waals surface area contributed by atoms with Crippen LogP contribution in [0.3, 0.4) is 0 Å². The average molecular weight is 312 g/mol. The predicted octanol–water partition coefficient (Wildman–Crippen LogP) is 2.51. The van der Waals surface area contributed by atoms with Gasteiger partial charge in [0, 0.05) is 13.7 Å². The number of carbonyl (C=O) groups excluding carboxylic acids is 2. The highest BCUT2D eigenvalue weighted by Gasteiger charge is 2.12. The maximum absolute atomic E-state index is 12.4. The Hall–Kier alpha value is -2.66. The number of rotatable bonds is 6. The summed E-state index contributed by atoms with van der Waals surface area (Å²) in [6.45, 7) is 2.39. The molecule has 0 aliphatic carbocycles. The topological polar surface area (TPSA) is 67.4 Å². The number of benzene rings is 2. The van der Waals surface area contributed by atoms with E-state index in [4.69, 9.17) is 4.74 Å². The van der Waals surface area contributed by atoms with Gasteiger partial charge in [-0.25, -0.2) is 0 Å². The molecular formula is C18H20N2O3. The lowest BCUT2D eigenvalue weighted by Gasteiger charge is -2.11. The minimum Gasteiger partial charge on any atom is -0.375 e. The Morgan fingerprint density at radius 3 is 2.43 bits per heavy atom. The fourth-order valence-electron chi connectivity index (χ4n) is 2.09. The van der Waals surface area contributed by atoms with Gasteiger partial charge in [-0.15, -0.1) is 0 Å². The highest BCUT2D eigenvalue weighted by Crippen LogP contribution is 2.15. The van der Waals surface area contributed by atoms with Crippen LogP contribution in [0.4, 0.5) is 5.69 Å². The van der Waals surface area contributed by atoms with Crippen molar-refractivity contribution < 1.29 is 14.3 Å². The molecule has 5 nitrogen and oxygen atoms in total.